The molecule has 0 aliphatic rings. The number of hydrogen-bond acceptors (Lipinski definition) is 4. The smallest absolute Gasteiger partial charge is 0.157 e. The lowest BCUT2D eigenvalue weighted by Gasteiger charge is -2.04. The Balaban J connectivity index is 2.45. The number of hydrogen-bond donors (Lipinski definition) is 1. The largest absolute Gasteiger partial charge is 0.330 e. The molecule has 1 heterocycles. The van der Waals surface area contributed by atoms with Crippen LogP contribution in [-0.4, -0.2) is 26.8 Å². The molecular formula is C9H9Cl2N5. The minimum Gasteiger partial charge on any atom is -0.330 e. The van der Waals surface area contributed by atoms with E-state index in [2.05, 4.69) is 15.5 Å². The molecule has 2 aromatic rings. The van der Waals surface area contributed by atoms with E-state index in [1.54, 1.807) is 22.9 Å². The molecule has 7 heteroatoms. The van der Waals surface area contributed by atoms with Crippen molar-refractivity contribution in [2.75, 3.05) is 6.54 Å². The van der Waals surface area contributed by atoms with Gasteiger partial charge in [-0.15, -0.1) is 5.10 Å². The van der Waals surface area contributed by atoms with Gasteiger partial charge in [0.1, 0.15) is 0 Å². The molecule has 16 heavy (non-hydrogen) atoms. The van der Waals surface area contributed by atoms with E-state index >= 15 is 0 Å². The van der Waals surface area contributed by atoms with Crippen LogP contribution in [0.3, 0.4) is 0 Å². The number of rotatable bonds is 3. The van der Waals surface area contributed by atoms with E-state index < -0.39 is 0 Å². The zero-order chi connectivity index (χ0) is 11.5. The molecule has 1 aromatic carbocycles. The van der Waals surface area contributed by atoms with Gasteiger partial charge in [0.05, 0.1) is 5.69 Å². The van der Waals surface area contributed by atoms with Gasteiger partial charge in [0, 0.05) is 16.5 Å². The van der Waals surface area contributed by atoms with Crippen LogP contribution in [0.5, 0.6) is 0 Å². The molecule has 0 amide bonds. The Bertz CT molecular complexity index is 476. The van der Waals surface area contributed by atoms with Crippen molar-refractivity contribution in [3.8, 4) is 5.69 Å². The lowest BCUT2D eigenvalue weighted by Crippen LogP contribution is -2.09. The number of nitrogens with zero attached hydrogens (tertiary/aromatic N) is 4. The van der Waals surface area contributed by atoms with E-state index in [1.807, 2.05) is 0 Å². The van der Waals surface area contributed by atoms with Gasteiger partial charge in [-0.3, -0.25) is 0 Å². The highest BCUT2D eigenvalue weighted by Gasteiger charge is 2.08. The lowest BCUT2D eigenvalue weighted by atomic mass is 10.3. The SMILES string of the molecule is NCCc1nnnn1-c1cc(Cl)cc(Cl)c1. The Hall–Kier alpha value is -1.17. The Labute approximate surface area is 102 Å². The molecule has 0 fully saturated rings. The Morgan fingerprint density at radius 2 is 1.88 bits per heavy atom. The van der Waals surface area contributed by atoms with Crippen molar-refractivity contribution in [3.05, 3.63) is 34.1 Å². The molecular weight excluding hydrogens is 249 g/mol. The second kappa shape index (κ2) is 4.78. The summed E-state index contributed by atoms with van der Waals surface area (Å²) in [6.07, 6.45) is 0.594. The number of tetrazole rings is 1. The van der Waals surface area contributed by atoms with E-state index in [-0.39, 0.29) is 0 Å². The number of halogens is 2. The molecule has 5 nitrogen and oxygen atoms in total. The van der Waals surface area contributed by atoms with Crippen LogP contribution in [0.15, 0.2) is 18.2 Å². The van der Waals surface area contributed by atoms with Gasteiger partial charge in [-0.05, 0) is 35.2 Å². The van der Waals surface area contributed by atoms with Crippen molar-refractivity contribution in [3.63, 3.8) is 0 Å². The lowest BCUT2D eigenvalue weighted by molar-refractivity contribution is 0.755. The van der Waals surface area contributed by atoms with E-state index in [1.165, 1.54) is 0 Å². The normalized spacial score (nSPS) is 10.7. The third kappa shape index (κ3) is 2.32. The van der Waals surface area contributed by atoms with Gasteiger partial charge in [0.2, 0.25) is 0 Å². The second-order valence-corrected chi connectivity index (χ2v) is 4.05. The number of benzene rings is 1. The van der Waals surface area contributed by atoms with Crippen LogP contribution in [0.2, 0.25) is 10.0 Å². The Morgan fingerprint density at radius 1 is 1.19 bits per heavy atom. The average Bonchev–Trinajstić information content (AvgIpc) is 2.65. The minimum absolute atomic E-state index is 0.481. The highest BCUT2D eigenvalue weighted by Crippen LogP contribution is 2.21. The molecule has 0 unspecified atom stereocenters. The molecule has 2 rings (SSSR count). The highest BCUT2D eigenvalue weighted by atomic mass is 35.5. The first-order chi connectivity index (χ1) is 7.70. The maximum Gasteiger partial charge on any atom is 0.157 e. The Morgan fingerprint density at radius 3 is 2.50 bits per heavy atom. The molecule has 2 N–H and O–H groups in total. The topological polar surface area (TPSA) is 69.6 Å². The third-order valence-corrected chi connectivity index (χ3v) is 2.43. The molecule has 0 aliphatic heterocycles. The minimum atomic E-state index is 0.481. The van der Waals surface area contributed by atoms with E-state index in [0.717, 1.165) is 5.69 Å². The molecule has 0 atom stereocenters. The summed E-state index contributed by atoms with van der Waals surface area (Å²) in [6.45, 7) is 0.481. The fourth-order valence-electron chi connectivity index (χ4n) is 1.35. The van der Waals surface area contributed by atoms with Crippen LogP contribution < -0.4 is 5.73 Å². The van der Waals surface area contributed by atoms with Crippen molar-refractivity contribution in [2.45, 2.75) is 6.42 Å². The Kier molecular flexibility index (Phi) is 3.38. The average molecular weight is 258 g/mol. The van der Waals surface area contributed by atoms with Gasteiger partial charge in [-0.25, -0.2) is 0 Å². The van der Waals surface area contributed by atoms with Crippen LogP contribution in [0.1, 0.15) is 5.82 Å². The second-order valence-electron chi connectivity index (χ2n) is 3.17. The fourth-order valence-corrected chi connectivity index (χ4v) is 1.87. The molecule has 0 saturated carbocycles. The van der Waals surface area contributed by atoms with Crippen molar-refractivity contribution in [1.82, 2.24) is 20.2 Å². The number of aromatic nitrogens is 4. The fraction of sp³-hybridized carbons (Fsp3) is 0.222. The molecule has 0 radical (unpaired) electrons. The van der Waals surface area contributed by atoms with Crippen molar-refractivity contribution >= 4 is 23.2 Å². The van der Waals surface area contributed by atoms with Crippen molar-refractivity contribution in [1.29, 1.82) is 0 Å². The summed E-state index contributed by atoms with van der Waals surface area (Å²) in [6, 6.07) is 5.13. The molecule has 0 aliphatic carbocycles. The highest BCUT2D eigenvalue weighted by molar-refractivity contribution is 6.34. The zero-order valence-corrected chi connectivity index (χ0v) is 9.78. The standard InChI is InChI=1S/C9H9Cl2N5/c10-6-3-7(11)5-8(4-6)16-9(1-2-12)13-14-15-16/h3-5H,1-2,12H2. The number of nitrogens with two attached hydrogens (primary N) is 1. The summed E-state index contributed by atoms with van der Waals surface area (Å²) < 4.78 is 1.57. The first kappa shape index (κ1) is 11.3. The zero-order valence-electron chi connectivity index (χ0n) is 8.27. The maximum atomic E-state index is 5.91. The summed E-state index contributed by atoms with van der Waals surface area (Å²) in [5, 5.41) is 12.4. The predicted octanol–water partition coefficient (Wildman–Crippen LogP) is 1.47. The van der Waals surface area contributed by atoms with Crippen LogP contribution in [-0.2, 0) is 6.42 Å². The van der Waals surface area contributed by atoms with Crippen molar-refractivity contribution < 1.29 is 0 Å². The van der Waals surface area contributed by atoms with Gasteiger partial charge in [-0.1, -0.05) is 23.2 Å². The first-order valence-electron chi connectivity index (χ1n) is 4.64. The van der Waals surface area contributed by atoms with Crippen molar-refractivity contribution in [2.24, 2.45) is 5.73 Å². The molecule has 0 bridgehead atoms. The van der Waals surface area contributed by atoms with E-state index in [4.69, 9.17) is 28.9 Å². The molecule has 84 valence electrons. The summed E-state index contributed by atoms with van der Waals surface area (Å²) in [4.78, 5) is 0. The predicted molar refractivity (Wildman–Crippen MR) is 61.9 cm³/mol. The van der Waals surface area contributed by atoms with Gasteiger partial charge < -0.3 is 5.73 Å². The van der Waals surface area contributed by atoms with Gasteiger partial charge in [0.25, 0.3) is 0 Å². The van der Waals surface area contributed by atoms with Gasteiger partial charge in [-0.2, -0.15) is 4.68 Å². The quantitative estimate of drug-likeness (QED) is 0.905. The first-order valence-corrected chi connectivity index (χ1v) is 5.40. The van der Waals surface area contributed by atoms with Gasteiger partial charge >= 0.3 is 0 Å². The van der Waals surface area contributed by atoms with Crippen LogP contribution in [0, 0.1) is 0 Å². The van der Waals surface area contributed by atoms with Crippen LogP contribution in [0.4, 0.5) is 0 Å². The van der Waals surface area contributed by atoms with Crippen LogP contribution >= 0.6 is 23.2 Å². The summed E-state index contributed by atoms with van der Waals surface area (Å²) in [5.41, 5.74) is 6.19. The van der Waals surface area contributed by atoms with E-state index in [9.17, 15) is 0 Å². The summed E-state index contributed by atoms with van der Waals surface area (Å²) in [7, 11) is 0. The van der Waals surface area contributed by atoms with Gasteiger partial charge in [0.15, 0.2) is 5.82 Å². The third-order valence-electron chi connectivity index (χ3n) is 1.99. The maximum absolute atomic E-state index is 5.91. The van der Waals surface area contributed by atoms with E-state index in [0.29, 0.717) is 28.8 Å². The van der Waals surface area contributed by atoms with Crippen LogP contribution in [0.25, 0.3) is 5.69 Å². The monoisotopic (exact) mass is 257 g/mol. The molecule has 0 spiro atoms. The summed E-state index contributed by atoms with van der Waals surface area (Å²) >= 11 is 11.8. The molecule has 0 saturated heterocycles. The summed E-state index contributed by atoms with van der Waals surface area (Å²) in [5.74, 6) is 0.681. The molecule has 1 aromatic heterocycles.